The number of aromatic nitrogens is 2. The summed E-state index contributed by atoms with van der Waals surface area (Å²) in [5.74, 6) is 5.59. The summed E-state index contributed by atoms with van der Waals surface area (Å²) >= 11 is 0. The van der Waals surface area contributed by atoms with Gasteiger partial charge in [0.15, 0.2) is 0 Å². The number of likely N-dealkylation sites (N-methyl/N-ethyl adjacent to an activating group) is 1. The SMILES string of the molecule is C[C@@H]1CN([C@H](C)CO)C(=O)c2cc(C#CC3(O)CCCC3)cnc2O[C@H]1CN(C)C(=O)Cc1cccnc1. The van der Waals surface area contributed by atoms with Gasteiger partial charge in [-0.05, 0) is 50.3 Å². The zero-order valence-corrected chi connectivity index (χ0v) is 22.3. The molecule has 9 heteroatoms. The third kappa shape index (κ3) is 6.50. The highest BCUT2D eigenvalue weighted by Gasteiger charge is 2.35. The molecule has 3 heterocycles. The molecular weight excluding hydrogens is 484 g/mol. The van der Waals surface area contributed by atoms with Gasteiger partial charge in [0.25, 0.3) is 5.91 Å². The number of aliphatic hydroxyl groups excluding tert-OH is 1. The van der Waals surface area contributed by atoms with Gasteiger partial charge in [0.1, 0.15) is 17.3 Å². The van der Waals surface area contributed by atoms with Gasteiger partial charge in [0, 0.05) is 43.7 Å². The lowest BCUT2D eigenvalue weighted by Gasteiger charge is -2.37. The largest absolute Gasteiger partial charge is 0.472 e. The van der Waals surface area contributed by atoms with Crippen molar-refractivity contribution in [3.63, 3.8) is 0 Å². The number of pyridine rings is 2. The average Bonchev–Trinajstić information content (AvgIpc) is 3.36. The lowest BCUT2D eigenvalue weighted by Crippen LogP contribution is -2.50. The van der Waals surface area contributed by atoms with Crippen LogP contribution in [0, 0.1) is 17.8 Å². The van der Waals surface area contributed by atoms with E-state index in [-0.39, 0.29) is 42.2 Å². The first-order chi connectivity index (χ1) is 18.2. The van der Waals surface area contributed by atoms with Crippen LogP contribution in [0.5, 0.6) is 5.88 Å². The van der Waals surface area contributed by atoms with Crippen molar-refractivity contribution >= 4 is 11.8 Å². The van der Waals surface area contributed by atoms with E-state index in [1.54, 1.807) is 48.3 Å². The molecule has 1 aliphatic carbocycles. The smallest absolute Gasteiger partial charge is 0.259 e. The quantitative estimate of drug-likeness (QED) is 0.560. The highest BCUT2D eigenvalue weighted by molar-refractivity contribution is 5.97. The maximum atomic E-state index is 13.6. The summed E-state index contributed by atoms with van der Waals surface area (Å²) in [4.78, 5) is 38.2. The molecule has 0 spiro atoms. The van der Waals surface area contributed by atoms with Crippen molar-refractivity contribution in [3.8, 4) is 17.7 Å². The van der Waals surface area contributed by atoms with E-state index in [0.717, 1.165) is 18.4 Å². The second kappa shape index (κ2) is 11.9. The molecule has 0 bridgehead atoms. The van der Waals surface area contributed by atoms with Crippen molar-refractivity contribution in [1.29, 1.82) is 0 Å². The van der Waals surface area contributed by atoms with E-state index in [2.05, 4.69) is 21.8 Å². The maximum Gasteiger partial charge on any atom is 0.259 e. The Bertz CT molecular complexity index is 1200. The Labute approximate surface area is 223 Å². The van der Waals surface area contributed by atoms with Crippen LogP contribution in [-0.2, 0) is 11.2 Å². The monoisotopic (exact) mass is 520 g/mol. The van der Waals surface area contributed by atoms with Gasteiger partial charge < -0.3 is 24.7 Å². The molecule has 1 saturated carbocycles. The molecule has 9 nitrogen and oxygen atoms in total. The Balaban J connectivity index is 1.60. The number of carbonyl (C=O) groups excluding carboxylic acids is 2. The molecule has 2 amide bonds. The topological polar surface area (TPSA) is 116 Å². The number of carbonyl (C=O) groups is 2. The summed E-state index contributed by atoms with van der Waals surface area (Å²) in [6.07, 6.45) is 7.80. The molecular formula is C29H36N4O5. The normalized spacial score (nSPS) is 21.3. The number of amides is 2. The van der Waals surface area contributed by atoms with Crippen LogP contribution in [-0.4, -0.2) is 86.3 Å². The predicted octanol–water partition coefficient (Wildman–Crippen LogP) is 2.05. The van der Waals surface area contributed by atoms with Gasteiger partial charge in [-0.2, -0.15) is 0 Å². The molecule has 3 atom stereocenters. The molecule has 0 aromatic carbocycles. The van der Waals surface area contributed by atoms with Crippen LogP contribution in [0.3, 0.4) is 0 Å². The molecule has 2 aromatic heterocycles. The lowest BCUT2D eigenvalue weighted by atomic mass is 9.99. The van der Waals surface area contributed by atoms with E-state index in [0.29, 0.717) is 31.5 Å². The van der Waals surface area contributed by atoms with Crippen molar-refractivity contribution < 1.29 is 24.5 Å². The van der Waals surface area contributed by atoms with Gasteiger partial charge >= 0.3 is 0 Å². The van der Waals surface area contributed by atoms with Gasteiger partial charge in [-0.15, -0.1) is 0 Å². The van der Waals surface area contributed by atoms with E-state index in [4.69, 9.17) is 4.74 Å². The van der Waals surface area contributed by atoms with Crippen LogP contribution in [0.4, 0.5) is 0 Å². The first-order valence-electron chi connectivity index (χ1n) is 13.2. The van der Waals surface area contributed by atoms with Crippen molar-refractivity contribution in [2.45, 2.75) is 63.7 Å². The number of hydrogen-bond acceptors (Lipinski definition) is 7. The minimum Gasteiger partial charge on any atom is -0.472 e. The van der Waals surface area contributed by atoms with E-state index < -0.39 is 17.7 Å². The minimum absolute atomic E-state index is 0.0730. The minimum atomic E-state index is -1.00. The van der Waals surface area contributed by atoms with Gasteiger partial charge in [0.2, 0.25) is 11.8 Å². The van der Waals surface area contributed by atoms with Crippen molar-refractivity contribution in [2.75, 3.05) is 26.7 Å². The number of aliphatic hydroxyl groups is 2. The average molecular weight is 521 g/mol. The van der Waals surface area contributed by atoms with E-state index in [1.165, 1.54) is 6.20 Å². The summed E-state index contributed by atoms with van der Waals surface area (Å²) in [7, 11) is 1.73. The number of rotatable bonds is 6. The Morgan fingerprint density at radius 2 is 2.11 bits per heavy atom. The second-order valence-electron chi connectivity index (χ2n) is 10.5. The van der Waals surface area contributed by atoms with Gasteiger partial charge in [-0.3, -0.25) is 14.6 Å². The van der Waals surface area contributed by atoms with E-state index in [9.17, 15) is 19.8 Å². The van der Waals surface area contributed by atoms with Crippen LogP contribution >= 0.6 is 0 Å². The molecule has 0 unspecified atom stereocenters. The molecule has 0 saturated heterocycles. The zero-order valence-electron chi connectivity index (χ0n) is 22.3. The number of hydrogen-bond donors (Lipinski definition) is 2. The molecule has 2 N–H and O–H groups in total. The fourth-order valence-corrected chi connectivity index (χ4v) is 4.85. The number of nitrogens with zero attached hydrogens (tertiary/aromatic N) is 4. The van der Waals surface area contributed by atoms with Crippen LogP contribution in [0.2, 0.25) is 0 Å². The van der Waals surface area contributed by atoms with Gasteiger partial charge in [0.05, 0.1) is 25.6 Å². The summed E-state index contributed by atoms with van der Waals surface area (Å²) in [5, 5.41) is 20.5. The molecule has 2 aromatic rings. The third-order valence-electron chi connectivity index (χ3n) is 7.35. The highest BCUT2D eigenvalue weighted by Crippen LogP contribution is 2.30. The standard InChI is InChI=1S/C29H36N4O5/c1-20-17-33(21(2)19-34)28(36)24-13-23(8-11-29(37)9-4-5-10-29)16-31-27(24)38-25(20)18-32(3)26(35)14-22-7-6-12-30-15-22/h6-7,12-13,15-16,20-21,25,34,37H,4-5,9-10,14,17-19H2,1-3H3/t20-,21-,25+/m1/s1. The van der Waals surface area contributed by atoms with Crippen LogP contribution in [0.1, 0.15) is 61.0 Å². The van der Waals surface area contributed by atoms with Gasteiger partial charge in [-0.25, -0.2) is 4.98 Å². The Hall–Kier alpha value is -3.48. The Kier molecular flexibility index (Phi) is 8.65. The van der Waals surface area contributed by atoms with Gasteiger partial charge in [-0.1, -0.05) is 24.8 Å². The zero-order chi connectivity index (χ0) is 27.3. The predicted molar refractivity (Wildman–Crippen MR) is 141 cm³/mol. The molecule has 202 valence electrons. The van der Waals surface area contributed by atoms with E-state index >= 15 is 0 Å². The Morgan fingerprint density at radius 3 is 2.79 bits per heavy atom. The fraction of sp³-hybridized carbons (Fsp3) is 0.517. The first kappa shape index (κ1) is 27.6. The summed E-state index contributed by atoms with van der Waals surface area (Å²) in [6.45, 7) is 4.19. The Morgan fingerprint density at radius 1 is 1.34 bits per heavy atom. The summed E-state index contributed by atoms with van der Waals surface area (Å²) in [5.41, 5.74) is 0.575. The molecule has 4 rings (SSSR count). The molecule has 1 aliphatic heterocycles. The first-order valence-corrected chi connectivity index (χ1v) is 13.2. The van der Waals surface area contributed by atoms with Crippen LogP contribution in [0.15, 0.2) is 36.8 Å². The molecule has 1 fully saturated rings. The van der Waals surface area contributed by atoms with E-state index in [1.807, 2.05) is 13.0 Å². The molecule has 2 aliphatic rings. The van der Waals surface area contributed by atoms with Crippen molar-refractivity contribution in [3.05, 3.63) is 53.5 Å². The summed E-state index contributed by atoms with van der Waals surface area (Å²) < 4.78 is 6.28. The lowest BCUT2D eigenvalue weighted by molar-refractivity contribution is -0.130. The maximum absolute atomic E-state index is 13.6. The van der Waals surface area contributed by atoms with Crippen LogP contribution < -0.4 is 4.74 Å². The van der Waals surface area contributed by atoms with Crippen LogP contribution in [0.25, 0.3) is 0 Å². The van der Waals surface area contributed by atoms with Crippen molar-refractivity contribution in [2.24, 2.45) is 5.92 Å². The second-order valence-corrected chi connectivity index (χ2v) is 10.5. The van der Waals surface area contributed by atoms with Crippen molar-refractivity contribution in [1.82, 2.24) is 19.8 Å². The third-order valence-corrected chi connectivity index (χ3v) is 7.35. The summed E-state index contributed by atoms with van der Waals surface area (Å²) in [6, 6.07) is 4.87. The fourth-order valence-electron chi connectivity index (χ4n) is 4.85. The highest BCUT2D eigenvalue weighted by atomic mass is 16.5. The molecule has 0 radical (unpaired) electrons. The molecule has 38 heavy (non-hydrogen) atoms. The number of ether oxygens (including phenoxy) is 1. The number of fused-ring (bicyclic) bond motifs is 1.